The monoisotopic (exact) mass is 280 g/mol. The van der Waals surface area contributed by atoms with Gasteiger partial charge in [0.15, 0.2) is 0 Å². The lowest BCUT2D eigenvalue weighted by Crippen LogP contribution is -2.28. The highest BCUT2D eigenvalue weighted by molar-refractivity contribution is 7.80. The first-order valence-corrected chi connectivity index (χ1v) is 6.43. The molecule has 1 amide bonds. The summed E-state index contributed by atoms with van der Waals surface area (Å²) in [4.78, 5) is 12.3. The third kappa shape index (κ3) is 3.02. The number of nitrogens with one attached hydrogen (secondary N) is 1. The summed E-state index contributed by atoms with van der Waals surface area (Å²) in [7, 11) is 1.53. The number of hydrogen-bond acceptors (Lipinski definition) is 4. The van der Waals surface area contributed by atoms with Gasteiger partial charge in [0.05, 0.1) is 12.8 Å². The second-order valence-corrected chi connectivity index (χ2v) is 4.68. The van der Waals surface area contributed by atoms with Crippen LogP contribution in [0.3, 0.4) is 0 Å². The van der Waals surface area contributed by atoms with E-state index in [2.05, 4.69) is 5.32 Å². The van der Waals surface area contributed by atoms with Crippen LogP contribution >= 0.6 is 12.2 Å². The molecule has 1 fully saturated rings. The molecule has 0 spiro atoms. The molecule has 0 bridgehead atoms. The maximum absolute atomic E-state index is 12.1. The molecule has 19 heavy (non-hydrogen) atoms. The summed E-state index contributed by atoms with van der Waals surface area (Å²) in [6, 6.07) is 5.26. The van der Waals surface area contributed by atoms with Gasteiger partial charge in [0.2, 0.25) is 0 Å². The number of methoxy groups -OCH3 is 1. The first-order valence-electron chi connectivity index (χ1n) is 6.02. The minimum atomic E-state index is -0.413. The molecule has 1 aromatic rings. The molecule has 102 valence electrons. The van der Waals surface area contributed by atoms with E-state index in [9.17, 15) is 4.79 Å². The van der Waals surface area contributed by atoms with Crippen molar-refractivity contribution >= 4 is 28.8 Å². The van der Waals surface area contributed by atoms with E-state index in [1.54, 1.807) is 18.2 Å². The van der Waals surface area contributed by atoms with E-state index in [1.807, 2.05) is 0 Å². The molecule has 1 atom stereocenters. The molecule has 1 heterocycles. The van der Waals surface area contributed by atoms with Crippen molar-refractivity contribution in [2.75, 3.05) is 19.0 Å². The van der Waals surface area contributed by atoms with E-state index in [4.69, 9.17) is 27.4 Å². The lowest BCUT2D eigenvalue weighted by molar-refractivity contribution is -0.124. The summed E-state index contributed by atoms with van der Waals surface area (Å²) in [5, 5.41) is 2.80. The Morgan fingerprint density at radius 3 is 2.95 bits per heavy atom. The zero-order chi connectivity index (χ0) is 13.8. The van der Waals surface area contributed by atoms with Gasteiger partial charge in [-0.1, -0.05) is 18.3 Å². The van der Waals surface area contributed by atoms with Crippen LogP contribution in [-0.2, 0) is 9.53 Å². The van der Waals surface area contributed by atoms with Crippen molar-refractivity contribution in [3.05, 3.63) is 23.8 Å². The zero-order valence-electron chi connectivity index (χ0n) is 10.6. The Morgan fingerprint density at radius 1 is 1.58 bits per heavy atom. The standard InChI is InChI=1S/C13H16N2O3S/c1-17-9-5-2-4-8(12(14)19)11(9)15-13(16)10-6-3-7-18-10/h2,4-5,10H,3,6-7H2,1H3,(H2,14,19)(H,15,16). The van der Waals surface area contributed by atoms with E-state index in [-0.39, 0.29) is 10.9 Å². The number of amides is 1. The second kappa shape index (κ2) is 5.99. The maximum Gasteiger partial charge on any atom is 0.253 e. The Labute approximate surface area is 117 Å². The third-order valence-electron chi connectivity index (χ3n) is 2.98. The molecule has 1 aliphatic rings. The number of ether oxygens (including phenoxy) is 2. The van der Waals surface area contributed by atoms with Gasteiger partial charge in [0.25, 0.3) is 5.91 Å². The van der Waals surface area contributed by atoms with Crippen molar-refractivity contribution in [2.45, 2.75) is 18.9 Å². The van der Waals surface area contributed by atoms with Gasteiger partial charge in [0, 0.05) is 12.2 Å². The summed E-state index contributed by atoms with van der Waals surface area (Å²) < 4.78 is 10.6. The number of carbonyl (C=O) groups is 1. The molecular formula is C13H16N2O3S. The number of thiocarbonyl (C=S) groups is 1. The Hall–Kier alpha value is -1.66. The Morgan fingerprint density at radius 2 is 2.37 bits per heavy atom. The Balaban J connectivity index is 2.26. The van der Waals surface area contributed by atoms with Gasteiger partial charge in [-0.3, -0.25) is 4.79 Å². The quantitative estimate of drug-likeness (QED) is 0.817. The first-order chi connectivity index (χ1) is 9.13. The van der Waals surface area contributed by atoms with E-state index >= 15 is 0 Å². The van der Waals surface area contributed by atoms with Crippen LogP contribution in [0.4, 0.5) is 5.69 Å². The summed E-state index contributed by atoms with van der Waals surface area (Å²) in [5.41, 5.74) is 6.74. The van der Waals surface area contributed by atoms with Crippen molar-refractivity contribution in [3.8, 4) is 5.75 Å². The highest BCUT2D eigenvalue weighted by Gasteiger charge is 2.25. The van der Waals surface area contributed by atoms with E-state index in [0.29, 0.717) is 23.6 Å². The van der Waals surface area contributed by atoms with Crippen LogP contribution in [0.1, 0.15) is 18.4 Å². The molecule has 3 N–H and O–H groups in total. The van der Waals surface area contributed by atoms with Crippen LogP contribution in [0.15, 0.2) is 18.2 Å². The number of para-hydroxylation sites is 1. The minimum absolute atomic E-state index is 0.195. The predicted molar refractivity (Wildman–Crippen MR) is 76.5 cm³/mol. The van der Waals surface area contributed by atoms with Gasteiger partial charge >= 0.3 is 0 Å². The molecule has 0 saturated carbocycles. The smallest absolute Gasteiger partial charge is 0.253 e. The normalized spacial score (nSPS) is 18.1. The average molecular weight is 280 g/mol. The van der Waals surface area contributed by atoms with Crippen LogP contribution in [0, 0.1) is 0 Å². The van der Waals surface area contributed by atoms with Crippen LogP contribution in [-0.4, -0.2) is 30.7 Å². The van der Waals surface area contributed by atoms with Crippen molar-refractivity contribution in [1.82, 2.24) is 0 Å². The highest BCUT2D eigenvalue weighted by Crippen LogP contribution is 2.29. The molecule has 6 heteroatoms. The first kappa shape index (κ1) is 13.8. The topological polar surface area (TPSA) is 73.6 Å². The van der Waals surface area contributed by atoms with Crippen molar-refractivity contribution < 1.29 is 14.3 Å². The zero-order valence-corrected chi connectivity index (χ0v) is 11.5. The maximum atomic E-state index is 12.1. The molecule has 0 aliphatic carbocycles. The molecule has 1 saturated heterocycles. The molecular weight excluding hydrogens is 264 g/mol. The van der Waals surface area contributed by atoms with Gasteiger partial charge in [-0.15, -0.1) is 0 Å². The van der Waals surface area contributed by atoms with Crippen LogP contribution in [0.2, 0.25) is 0 Å². The molecule has 1 unspecified atom stereocenters. The number of hydrogen-bond donors (Lipinski definition) is 2. The lowest BCUT2D eigenvalue weighted by atomic mass is 10.1. The lowest BCUT2D eigenvalue weighted by Gasteiger charge is -2.16. The van der Waals surface area contributed by atoms with Crippen LogP contribution in [0.5, 0.6) is 5.75 Å². The third-order valence-corrected chi connectivity index (χ3v) is 3.20. The molecule has 1 aliphatic heterocycles. The summed E-state index contributed by atoms with van der Waals surface area (Å²) in [5.74, 6) is 0.330. The highest BCUT2D eigenvalue weighted by atomic mass is 32.1. The summed E-state index contributed by atoms with van der Waals surface area (Å²) >= 11 is 4.98. The van der Waals surface area contributed by atoms with Crippen molar-refractivity contribution in [1.29, 1.82) is 0 Å². The molecule has 2 rings (SSSR count). The fraction of sp³-hybridized carbons (Fsp3) is 0.385. The van der Waals surface area contributed by atoms with Gasteiger partial charge in [-0.05, 0) is 25.0 Å². The molecule has 1 aromatic carbocycles. The van der Waals surface area contributed by atoms with Gasteiger partial charge < -0.3 is 20.5 Å². The number of anilines is 1. The number of rotatable bonds is 4. The van der Waals surface area contributed by atoms with E-state index < -0.39 is 6.10 Å². The van der Waals surface area contributed by atoms with Gasteiger partial charge in [-0.2, -0.15) is 0 Å². The Kier molecular flexibility index (Phi) is 4.34. The largest absolute Gasteiger partial charge is 0.495 e. The average Bonchev–Trinajstić information content (AvgIpc) is 2.92. The van der Waals surface area contributed by atoms with Crippen molar-refractivity contribution in [2.24, 2.45) is 5.73 Å². The number of nitrogens with two attached hydrogens (primary N) is 1. The van der Waals surface area contributed by atoms with Gasteiger partial charge in [0.1, 0.15) is 16.8 Å². The minimum Gasteiger partial charge on any atom is -0.495 e. The molecule has 0 aromatic heterocycles. The van der Waals surface area contributed by atoms with E-state index in [1.165, 1.54) is 7.11 Å². The number of carbonyl (C=O) groups excluding carboxylic acids is 1. The van der Waals surface area contributed by atoms with E-state index in [0.717, 1.165) is 12.8 Å². The molecule has 5 nitrogen and oxygen atoms in total. The number of benzene rings is 1. The fourth-order valence-corrected chi connectivity index (χ4v) is 2.19. The SMILES string of the molecule is COc1cccc(C(N)=S)c1NC(=O)C1CCCO1. The molecule has 0 radical (unpaired) electrons. The fourth-order valence-electron chi connectivity index (χ4n) is 2.02. The van der Waals surface area contributed by atoms with Gasteiger partial charge in [-0.25, -0.2) is 0 Å². The summed E-state index contributed by atoms with van der Waals surface area (Å²) in [6.07, 6.45) is 1.21. The Bertz CT molecular complexity index is 499. The predicted octanol–water partition coefficient (Wildman–Crippen LogP) is 1.45. The van der Waals surface area contributed by atoms with Crippen molar-refractivity contribution in [3.63, 3.8) is 0 Å². The summed E-state index contributed by atoms with van der Waals surface area (Å²) in [6.45, 7) is 0.617. The van der Waals surface area contributed by atoms with Crippen LogP contribution in [0.25, 0.3) is 0 Å². The van der Waals surface area contributed by atoms with Crippen LogP contribution < -0.4 is 15.8 Å². The second-order valence-electron chi connectivity index (χ2n) is 4.24.